The molecule has 5 rings (SSSR count). The van der Waals surface area contributed by atoms with E-state index in [0.29, 0.717) is 18.9 Å². The van der Waals surface area contributed by atoms with Crippen molar-refractivity contribution >= 4 is 34.1 Å². The summed E-state index contributed by atoms with van der Waals surface area (Å²) in [4.78, 5) is 27.9. The summed E-state index contributed by atoms with van der Waals surface area (Å²) in [6.45, 7) is 5.71. The third-order valence-corrected chi connectivity index (χ3v) is 5.62. The molecule has 0 aliphatic carbocycles. The van der Waals surface area contributed by atoms with Gasteiger partial charge in [-0.05, 0) is 26.0 Å². The van der Waals surface area contributed by atoms with Crippen molar-refractivity contribution in [1.82, 2.24) is 34.6 Å². The Morgan fingerprint density at radius 2 is 2.07 bits per heavy atom. The quantitative estimate of drug-likeness (QED) is 0.549. The van der Waals surface area contributed by atoms with Crippen LogP contribution in [0.2, 0.25) is 0 Å². The molecule has 2 amide bonds. The molecule has 5 heterocycles. The number of amides is 2. The molecular weight excluding hydrogens is 388 g/mol. The molecular formula is C19H18N8OS. The Kier molecular flexibility index (Phi) is 4.20. The molecule has 10 heteroatoms. The average molecular weight is 406 g/mol. The molecule has 0 spiro atoms. The van der Waals surface area contributed by atoms with Crippen LogP contribution in [0.5, 0.6) is 0 Å². The molecule has 4 aromatic heterocycles. The minimum absolute atomic E-state index is 0.195. The zero-order valence-electron chi connectivity index (χ0n) is 16.0. The summed E-state index contributed by atoms with van der Waals surface area (Å²) in [5.41, 5.74) is 2.46. The van der Waals surface area contributed by atoms with Gasteiger partial charge in [0.25, 0.3) is 0 Å². The maximum Gasteiger partial charge on any atom is 0.323 e. The number of nitrogens with one attached hydrogen (secondary N) is 1. The highest BCUT2D eigenvalue weighted by atomic mass is 32.1. The molecule has 29 heavy (non-hydrogen) atoms. The molecule has 0 saturated carbocycles. The van der Waals surface area contributed by atoms with Gasteiger partial charge in [-0.25, -0.2) is 19.7 Å². The van der Waals surface area contributed by atoms with Gasteiger partial charge in [0.2, 0.25) is 0 Å². The van der Waals surface area contributed by atoms with Gasteiger partial charge >= 0.3 is 6.03 Å². The molecule has 0 unspecified atom stereocenters. The first-order chi connectivity index (χ1) is 14.0. The molecule has 0 aromatic carbocycles. The van der Waals surface area contributed by atoms with Gasteiger partial charge in [-0.15, -0.1) is 10.2 Å². The molecule has 1 aliphatic rings. The van der Waals surface area contributed by atoms with Crippen molar-refractivity contribution in [2.75, 3.05) is 11.9 Å². The summed E-state index contributed by atoms with van der Waals surface area (Å²) in [5, 5.41) is 13.6. The Morgan fingerprint density at radius 1 is 1.17 bits per heavy atom. The minimum Gasteiger partial charge on any atom is -0.331 e. The number of pyridine rings is 2. The van der Waals surface area contributed by atoms with E-state index in [1.54, 1.807) is 17.2 Å². The highest BCUT2D eigenvalue weighted by molar-refractivity contribution is 7.14. The maximum absolute atomic E-state index is 12.7. The van der Waals surface area contributed by atoms with Crippen molar-refractivity contribution in [2.24, 2.45) is 0 Å². The van der Waals surface area contributed by atoms with E-state index in [-0.39, 0.29) is 6.03 Å². The first-order valence-electron chi connectivity index (χ1n) is 9.21. The largest absolute Gasteiger partial charge is 0.331 e. The Bertz CT molecular complexity index is 1230. The highest BCUT2D eigenvalue weighted by Gasteiger charge is 2.22. The van der Waals surface area contributed by atoms with E-state index in [4.69, 9.17) is 0 Å². The van der Waals surface area contributed by atoms with Crippen molar-refractivity contribution in [2.45, 2.75) is 26.9 Å². The second kappa shape index (κ2) is 6.89. The number of rotatable bonds is 2. The lowest BCUT2D eigenvalue weighted by atomic mass is 10.2. The second-order valence-corrected chi connectivity index (χ2v) is 8.11. The predicted molar refractivity (Wildman–Crippen MR) is 110 cm³/mol. The molecule has 1 aliphatic heterocycles. The van der Waals surface area contributed by atoms with E-state index in [1.807, 2.05) is 32.2 Å². The molecule has 0 bridgehead atoms. The fourth-order valence-electron chi connectivity index (χ4n) is 3.36. The number of aryl methyl sites for hydroxylation is 2. The van der Waals surface area contributed by atoms with Crippen LogP contribution in [0, 0.1) is 13.8 Å². The fourth-order valence-corrected chi connectivity index (χ4v) is 4.02. The van der Waals surface area contributed by atoms with E-state index in [9.17, 15) is 4.79 Å². The summed E-state index contributed by atoms with van der Waals surface area (Å²) in [7, 11) is 0. The van der Waals surface area contributed by atoms with Gasteiger partial charge in [-0.2, -0.15) is 0 Å². The number of hydrogen-bond acceptors (Lipinski definition) is 7. The van der Waals surface area contributed by atoms with Crippen LogP contribution < -0.4 is 5.32 Å². The van der Waals surface area contributed by atoms with Crippen molar-refractivity contribution < 1.29 is 4.79 Å². The molecule has 146 valence electrons. The normalized spacial score (nSPS) is 13.5. The lowest BCUT2D eigenvalue weighted by Gasteiger charge is -2.27. The number of nitrogens with zero attached hydrogens (tertiary/aromatic N) is 7. The molecule has 4 aromatic rings. The van der Waals surface area contributed by atoms with Crippen LogP contribution in [0.25, 0.3) is 21.6 Å². The van der Waals surface area contributed by atoms with Crippen molar-refractivity contribution in [3.63, 3.8) is 0 Å². The molecule has 0 atom stereocenters. The van der Waals surface area contributed by atoms with Gasteiger partial charge in [-0.3, -0.25) is 5.32 Å². The fraction of sp³-hybridized carbons (Fsp3) is 0.263. The number of aromatic nitrogens is 6. The Balaban J connectivity index is 1.36. The van der Waals surface area contributed by atoms with Gasteiger partial charge in [0.1, 0.15) is 22.3 Å². The number of carbonyl (C=O) groups is 1. The first kappa shape index (κ1) is 17.7. The van der Waals surface area contributed by atoms with Crippen molar-refractivity contribution in [3.05, 3.63) is 47.1 Å². The molecule has 9 nitrogen and oxygen atoms in total. The first-order valence-corrected chi connectivity index (χ1v) is 10.0. The standard InChI is InChI=1S/C19H18N8OS/c1-11-9-26-5-6-27(10-17(26)21-11)19(28)23-16-7-15-13(8-20-16)3-4-14(22-15)18-25-24-12(2)29-18/h3-4,7-9H,5-6,10H2,1-2H3,(H,20,23,28). The number of fused-ring (bicyclic) bond motifs is 2. The summed E-state index contributed by atoms with van der Waals surface area (Å²) in [6, 6.07) is 5.43. The minimum atomic E-state index is -0.195. The van der Waals surface area contributed by atoms with E-state index in [1.165, 1.54) is 11.3 Å². The summed E-state index contributed by atoms with van der Waals surface area (Å²) >= 11 is 1.49. The molecule has 0 saturated heterocycles. The van der Waals surface area contributed by atoms with Crippen LogP contribution in [0.15, 0.2) is 30.6 Å². The summed E-state index contributed by atoms with van der Waals surface area (Å²) in [6.07, 6.45) is 3.72. The van der Waals surface area contributed by atoms with Crippen molar-refractivity contribution in [1.29, 1.82) is 0 Å². The number of imidazole rings is 1. The predicted octanol–water partition coefficient (Wildman–Crippen LogP) is 3.01. The number of carbonyl (C=O) groups excluding carboxylic acids is 1. The lowest BCUT2D eigenvalue weighted by molar-refractivity contribution is 0.195. The van der Waals surface area contributed by atoms with Gasteiger partial charge in [0, 0.05) is 36.9 Å². The molecule has 1 N–H and O–H groups in total. The Labute approximate surface area is 170 Å². The number of urea groups is 1. The zero-order valence-corrected chi connectivity index (χ0v) is 16.8. The smallest absolute Gasteiger partial charge is 0.323 e. The maximum atomic E-state index is 12.7. The van der Waals surface area contributed by atoms with Gasteiger partial charge in [-0.1, -0.05) is 11.3 Å². The second-order valence-electron chi connectivity index (χ2n) is 6.93. The number of anilines is 1. The van der Waals surface area contributed by atoms with Crippen LogP contribution >= 0.6 is 11.3 Å². The van der Waals surface area contributed by atoms with Gasteiger partial charge in [0.15, 0.2) is 5.01 Å². The van der Waals surface area contributed by atoms with Crippen LogP contribution in [-0.2, 0) is 13.1 Å². The summed E-state index contributed by atoms with van der Waals surface area (Å²) in [5.74, 6) is 1.36. The van der Waals surface area contributed by atoms with Gasteiger partial charge < -0.3 is 9.47 Å². The van der Waals surface area contributed by atoms with Crippen molar-refractivity contribution in [3.8, 4) is 10.7 Å². The van der Waals surface area contributed by atoms with E-state index in [2.05, 4.69) is 35.0 Å². The van der Waals surface area contributed by atoms with Crippen LogP contribution in [0.4, 0.5) is 10.6 Å². The molecule has 0 radical (unpaired) electrons. The molecule has 0 fully saturated rings. The van der Waals surface area contributed by atoms with Gasteiger partial charge in [0.05, 0.1) is 17.8 Å². The van der Waals surface area contributed by atoms with E-state index < -0.39 is 0 Å². The monoisotopic (exact) mass is 406 g/mol. The zero-order chi connectivity index (χ0) is 20.0. The Hall–Kier alpha value is -3.40. The van der Waals surface area contributed by atoms with E-state index in [0.717, 1.165) is 44.7 Å². The summed E-state index contributed by atoms with van der Waals surface area (Å²) < 4.78 is 2.09. The van der Waals surface area contributed by atoms with Crippen LogP contribution in [0.1, 0.15) is 16.5 Å². The SMILES string of the molecule is Cc1cn2c(n1)CN(C(=O)Nc1cc3nc(-c4nnc(C)s4)ccc3cn1)CC2. The lowest BCUT2D eigenvalue weighted by Crippen LogP contribution is -2.40. The Morgan fingerprint density at radius 3 is 2.90 bits per heavy atom. The topological polar surface area (TPSA) is 102 Å². The van der Waals surface area contributed by atoms with Crippen LogP contribution in [-0.4, -0.2) is 47.2 Å². The third kappa shape index (κ3) is 3.42. The average Bonchev–Trinajstić information content (AvgIpc) is 3.31. The number of hydrogen-bond donors (Lipinski definition) is 1. The third-order valence-electron chi connectivity index (χ3n) is 4.76. The van der Waals surface area contributed by atoms with Crippen LogP contribution in [0.3, 0.4) is 0 Å². The van der Waals surface area contributed by atoms with E-state index >= 15 is 0 Å². The highest BCUT2D eigenvalue weighted by Crippen LogP contribution is 2.24.